The summed E-state index contributed by atoms with van der Waals surface area (Å²) < 4.78 is 9.42. The van der Waals surface area contributed by atoms with Gasteiger partial charge >= 0.3 is 17.9 Å². The summed E-state index contributed by atoms with van der Waals surface area (Å²) in [6, 6.07) is 0. The molecule has 0 rings (SSSR count). The molecule has 0 unspecified atom stereocenters. The quantitative estimate of drug-likeness (QED) is 0.587. The lowest BCUT2D eigenvalue weighted by molar-refractivity contribution is -0.155. The van der Waals surface area contributed by atoms with Crippen LogP contribution in [0, 0.1) is 5.41 Å². The van der Waals surface area contributed by atoms with Crippen molar-refractivity contribution < 1.29 is 29.0 Å². The minimum absolute atomic E-state index is 0.0289. The van der Waals surface area contributed by atoms with E-state index in [1.807, 2.05) is 0 Å². The van der Waals surface area contributed by atoms with Crippen molar-refractivity contribution in [3.63, 3.8) is 0 Å². The first-order valence-corrected chi connectivity index (χ1v) is 5.54. The molecule has 0 fully saturated rings. The zero-order valence-electron chi connectivity index (χ0n) is 10.6. The number of aliphatic carboxylic acids is 1. The lowest BCUT2D eigenvalue weighted by atomic mass is 9.82. The van der Waals surface area contributed by atoms with Crippen LogP contribution in [0.2, 0.25) is 0 Å². The summed E-state index contributed by atoms with van der Waals surface area (Å²) in [5, 5.41) is 9.19. The number of hydrogen-bond acceptors (Lipinski definition) is 6. The van der Waals surface area contributed by atoms with Crippen LogP contribution in [-0.4, -0.2) is 42.8 Å². The SMILES string of the molecule is CC(=O)OCCC(CN)(CCOC(C)=O)C(=O)O. The summed E-state index contributed by atoms with van der Waals surface area (Å²) in [4.78, 5) is 32.5. The number of carbonyl (C=O) groups excluding carboxylic acids is 2. The van der Waals surface area contributed by atoms with Crippen molar-refractivity contribution in [3.8, 4) is 0 Å². The van der Waals surface area contributed by atoms with Crippen LogP contribution in [0.25, 0.3) is 0 Å². The van der Waals surface area contributed by atoms with E-state index in [1.54, 1.807) is 0 Å². The molecule has 0 amide bonds. The maximum atomic E-state index is 11.2. The first-order chi connectivity index (χ1) is 8.34. The Hall–Kier alpha value is -1.63. The number of hydrogen-bond donors (Lipinski definition) is 2. The Balaban J connectivity index is 4.45. The van der Waals surface area contributed by atoms with Crippen LogP contribution in [-0.2, 0) is 23.9 Å². The van der Waals surface area contributed by atoms with Crippen molar-refractivity contribution in [2.75, 3.05) is 19.8 Å². The third-order valence-electron chi connectivity index (χ3n) is 2.62. The van der Waals surface area contributed by atoms with E-state index < -0.39 is 23.3 Å². The molecule has 0 saturated carbocycles. The van der Waals surface area contributed by atoms with Crippen LogP contribution >= 0.6 is 0 Å². The molecule has 0 aliphatic rings. The minimum atomic E-state index is -1.25. The van der Waals surface area contributed by atoms with E-state index in [2.05, 4.69) is 0 Å². The molecule has 0 aliphatic carbocycles. The van der Waals surface area contributed by atoms with Gasteiger partial charge in [0.25, 0.3) is 0 Å². The van der Waals surface area contributed by atoms with Gasteiger partial charge in [-0.25, -0.2) is 0 Å². The first kappa shape index (κ1) is 16.4. The van der Waals surface area contributed by atoms with E-state index in [4.69, 9.17) is 15.2 Å². The largest absolute Gasteiger partial charge is 0.481 e. The molecule has 0 bridgehead atoms. The van der Waals surface area contributed by atoms with E-state index in [-0.39, 0.29) is 32.6 Å². The molecule has 0 atom stereocenters. The van der Waals surface area contributed by atoms with E-state index in [1.165, 1.54) is 13.8 Å². The second-order valence-electron chi connectivity index (χ2n) is 3.97. The van der Waals surface area contributed by atoms with Gasteiger partial charge in [0.2, 0.25) is 0 Å². The molecule has 18 heavy (non-hydrogen) atoms. The molecular formula is C11H19NO6. The van der Waals surface area contributed by atoms with Crippen molar-refractivity contribution in [2.24, 2.45) is 11.1 Å². The number of esters is 2. The molecule has 0 aromatic heterocycles. The van der Waals surface area contributed by atoms with Gasteiger partial charge in [0, 0.05) is 20.4 Å². The first-order valence-electron chi connectivity index (χ1n) is 5.54. The van der Waals surface area contributed by atoms with Crippen molar-refractivity contribution in [3.05, 3.63) is 0 Å². The number of nitrogens with two attached hydrogens (primary N) is 1. The summed E-state index contributed by atoms with van der Waals surface area (Å²) >= 11 is 0. The van der Waals surface area contributed by atoms with Gasteiger partial charge in [-0.1, -0.05) is 0 Å². The highest BCUT2D eigenvalue weighted by Gasteiger charge is 2.37. The van der Waals surface area contributed by atoms with Crippen LogP contribution in [0.4, 0.5) is 0 Å². The highest BCUT2D eigenvalue weighted by molar-refractivity contribution is 5.75. The summed E-state index contributed by atoms with van der Waals surface area (Å²) in [6.45, 7) is 2.30. The Labute approximate surface area is 105 Å². The Morgan fingerprint density at radius 3 is 1.67 bits per heavy atom. The molecule has 3 N–H and O–H groups in total. The van der Waals surface area contributed by atoms with Crippen LogP contribution in [0.3, 0.4) is 0 Å². The van der Waals surface area contributed by atoms with Gasteiger partial charge in [0.15, 0.2) is 0 Å². The molecule has 0 aromatic carbocycles. The fraction of sp³-hybridized carbons (Fsp3) is 0.727. The van der Waals surface area contributed by atoms with Gasteiger partial charge in [-0.3, -0.25) is 14.4 Å². The molecule has 0 heterocycles. The molecule has 0 spiro atoms. The van der Waals surface area contributed by atoms with Gasteiger partial charge in [0.1, 0.15) is 0 Å². The molecule has 0 radical (unpaired) electrons. The maximum Gasteiger partial charge on any atom is 0.311 e. The van der Waals surface area contributed by atoms with Crippen molar-refractivity contribution in [1.82, 2.24) is 0 Å². The Bertz CT molecular complexity index is 295. The van der Waals surface area contributed by atoms with Gasteiger partial charge in [-0.2, -0.15) is 0 Å². The van der Waals surface area contributed by atoms with Gasteiger partial charge in [0.05, 0.1) is 18.6 Å². The number of carboxylic acids is 1. The summed E-state index contributed by atoms with van der Waals surface area (Å²) in [7, 11) is 0. The highest BCUT2D eigenvalue weighted by Crippen LogP contribution is 2.26. The van der Waals surface area contributed by atoms with E-state index in [0.717, 1.165) is 0 Å². The molecule has 0 aliphatic heterocycles. The molecule has 0 saturated heterocycles. The Morgan fingerprint density at radius 2 is 1.44 bits per heavy atom. The normalized spacial score (nSPS) is 10.8. The molecule has 7 heteroatoms. The minimum Gasteiger partial charge on any atom is -0.481 e. The third kappa shape index (κ3) is 5.62. The van der Waals surface area contributed by atoms with Crippen LogP contribution in [0.5, 0.6) is 0 Å². The topological polar surface area (TPSA) is 116 Å². The Kier molecular flexibility index (Phi) is 6.96. The fourth-order valence-electron chi connectivity index (χ4n) is 1.41. The summed E-state index contributed by atoms with van der Waals surface area (Å²) in [5.74, 6) is -2.05. The van der Waals surface area contributed by atoms with E-state index >= 15 is 0 Å². The molecular weight excluding hydrogens is 242 g/mol. The monoisotopic (exact) mass is 261 g/mol. The Morgan fingerprint density at radius 1 is 1.06 bits per heavy atom. The van der Waals surface area contributed by atoms with E-state index in [9.17, 15) is 19.5 Å². The lowest BCUT2D eigenvalue weighted by Crippen LogP contribution is -2.41. The molecule has 104 valence electrons. The zero-order chi connectivity index (χ0) is 14.2. The second kappa shape index (κ2) is 7.65. The van der Waals surface area contributed by atoms with E-state index in [0.29, 0.717) is 0 Å². The smallest absolute Gasteiger partial charge is 0.311 e. The number of ether oxygens (including phenoxy) is 2. The average Bonchev–Trinajstić information content (AvgIpc) is 2.25. The van der Waals surface area contributed by atoms with Gasteiger partial charge < -0.3 is 20.3 Å². The predicted molar refractivity (Wildman–Crippen MR) is 61.6 cm³/mol. The predicted octanol–water partition coefficient (Wildman–Crippen LogP) is -0.0775. The second-order valence-corrected chi connectivity index (χ2v) is 3.97. The average molecular weight is 261 g/mol. The maximum absolute atomic E-state index is 11.2. The van der Waals surface area contributed by atoms with Crippen LogP contribution in [0.1, 0.15) is 26.7 Å². The van der Waals surface area contributed by atoms with Gasteiger partial charge in [-0.05, 0) is 12.8 Å². The molecule has 0 aromatic rings. The summed E-state index contributed by atoms with van der Waals surface area (Å²) in [5.41, 5.74) is 4.24. The van der Waals surface area contributed by atoms with Crippen LogP contribution < -0.4 is 5.73 Å². The number of carboxylic acid groups (broad SMARTS) is 1. The van der Waals surface area contributed by atoms with Crippen molar-refractivity contribution >= 4 is 17.9 Å². The fourth-order valence-corrected chi connectivity index (χ4v) is 1.41. The summed E-state index contributed by atoms with van der Waals surface area (Å²) in [6.07, 6.45) is 0.166. The molecule has 7 nitrogen and oxygen atoms in total. The number of rotatable bonds is 8. The van der Waals surface area contributed by atoms with Gasteiger partial charge in [-0.15, -0.1) is 0 Å². The highest BCUT2D eigenvalue weighted by atomic mass is 16.5. The third-order valence-corrected chi connectivity index (χ3v) is 2.62. The van der Waals surface area contributed by atoms with Crippen molar-refractivity contribution in [1.29, 1.82) is 0 Å². The lowest BCUT2D eigenvalue weighted by Gasteiger charge is -2.27. The number of carbonyl (C=O) groups is 3. The standard InChI is InChI=1S/C11H19NO6/c1-8(13)17-5-3-11(7-12,10(15)16)4-6-18-9(2)14/h3-7,12H2,1-2H3,(H,15,16). The van der Waals surface area contributed by atoms with Crippen LogP contribution in [0.15, 0.2) is 0 Å². The zero-order valence-corrected chi connectivity index (χ0v) is 10.6. The van der Waals surface area contributed by atoms with Crippen molar-refractivity contribution in [2.45, 2.75) is 26.7 Å².